The number of fused-ring (bicyclic) bond motifs is 6. The van der Waals surface area contributed by atoms with Gasteiger partial charge in [0.2, 0.25) is 23.6 Å². The summed E-state index contributed by atoms with van der Waals surface area (Å²) in [6.07, 6.45) is 0. The summed E-state index contributed by atoms with van der Waals surface area (Å²) in [6, 6.07) is 0. The summed E-state index contributed by atoms with van der Waals surface area (Å²) >= 11 is 0. The molecule has 2 aliphatic heterocycles. The van der Waals surface area contributed by atoms with Crippen LogP contribution in [0.1, 0.15) is 0 Å². The van der Waals surface area contributed by atoms with Gasteiger partial charge in [0.15, 0.2) is 0 Å². The van der Waals surface area contributed by atoms with Gasteiger partial charge in [-0.25, -0.2) is 0 Å². The first-order valence-electron chi connectivity index (χ1n) is 5.58. The summed E-state index contributed by atoms with van der Waals surface area (Å²) < 4.78 is 0. The van der Waals surface area contributed by atoms with Crippen molar-refractivity contribution in [3.8, 4) is 0 Å². The number of imide groups is 2. The van der Waals surface area contributed by atoms with E-state index >= 15 is 0 Å². The van der Waals surface area contributed by atoms with Crippen molar-refractivity contribution in [2.24, 2.45) is 29.1 Å². The van der Waals surface area contributed by atoms with E-state index in [-0.39, 0.29) is 23.6 Å². The minimum Gasteiger partial charge on any atom is -0.285 e. The van der Waals surface area contributed by atoms with E-state index in [1.165, 1.54) is 14.1 Å². The first kappa shape index (κ1) is 9.32. The molecule has 4 amide bonds. The molecule has 4 aliphatic rings. The molecule has 1 spiro atoms. The Kier molecular flexibility index (Phi) is 1.18. The Bertz CT molecular complexity index is 444. The summed E-state index contributed by atoms with van der Waals surface area (Å²) in [6.45, 7) is 0. The third-order valence-corrected chi connectivity index (χ3v) is 4.99. The van der Waals surface area contributed by atoms with E-state index in [0.29, 0.717) is 0 Å². The van der Waals surface area contributed by atoms with E-state index < -0.39 is 29.1 Å². The lowest BCUT2D eigenvalue weighted by atomic mass is 10.1. The highest BCUT2D eigenvalue weighted by molar-refractivity contribution is 6.19. The molecule has 0 N–H and O–H groups in total. The molecule has 2 aliphatic carbocycles. The quantitative estimate of drug-likeness (QED) is 0.476. The fourth-order valence-electron chi connectivity index (χ4n) is 4.10. The van der Waals surface area contributed by atoms with Gasteiger partial charge in [-0.2, -0.15) is 0 Å². The topological polar surface area (TPSA) is 74.8 Å². The predicted molar refractivity (Wildman–Crippen MR) is 51.9 cm³/mol. The molecule has 0 radical (unpaired) electrons. The molecule has 4 atom stereocenters. The number of rotatable bonds is 0. The lowest BCUT2D eigenvalue weighted by Crippen LogP contribution is -2.36. The van der Waals surface area contributed by atoms with Gasteiger partial charge in [0.05, 0.1) is 23.7 Å². The van der Waals surface area contributed by atoms with Gasteiger partial charge in [0.25, 0.3) is 0 Å². The van der Waals surface area contributed by atoms with E-state index in [2.05, 4.69) is 0 Å². The van der Waals surface area contributed by atoms with E-state index in [9.17, 15) is 19.2 Å². The molecule has 2 heterocycles. The summed E-state index contributed by atoms with van der Waals surface area (Å²) in [5.74, 6) is -2.52. The number of hydrogen-bond acceptors (Lipinski definition) is 4. The second-order valence-corrected chi connectivity index (χ2v) is 5.38. The van der Waals surface area contributed by atoms with Gasteiger partial charge in [-0.05, 0) is 0 Å². The Morgan fingerprint density at radius 3 is 1.18 bits per heavy atom. The van der Waals surface area contributed by atoms with Gasteiger partial charge in [-0.3, -0.25) is 29.0 Å². The van der Waals surface area contributed by atoms with Crippen LogP contribution in [0.2, 0.25) is 0 Å². The molecule has 0 aromatic carbocycles. The van der Waals surface area contributed by atoms with Crippen molar-refractivity contribution in [1.29, 1.82) is 0 Å². The van der Waals surface area contributed by atoms with Gasteiger partial charge in [0, 0.05) is 19.5 Å². The average molecular weight is 234 g/mol. The summed E-state index contributed by atoms with van der Waals surface area (Å²) in [7, 11) is 2.91. The number of carbonyl (C=O) groups is 4. The standard InChI is InChI=1S/C11H10N2O4/c1-12-7(14)3-4(8(12)15)11(3)5-6(11)10(17)13(2)9(5)16/h3-6H,1-2H3. The maximum Gasteiger partial charge on any atom is 0.233 e. The normalized spacial score (nSPS) is 50.2. The van der Waals surface area contributed by atoms with Crippen LogP contribution in [0.3, 0.4) is 0 Å². The Morgan fingerprint density at radius 1 is 0.706 bits per heavy atom. The van der Waals surface area contributed by atoms with Gasteiger partial charge in [0.1, 0.15) is 0 Å². The fourth-order valence-corrected chi connectivity index (χ4v) is 4.10. The van der Waals surface area contributed by atoms with E-state index in [4.69, 9.17) is 0 Å². The maximum atomic E-state index is 11.8. The SMILES string of the molecule is CN1C(=O)C2C(C1=O)C21C2C(=O)N(C)C(=O)C21. The lowest BCUT2D eigenvalue weighted by molar-refractivity contribution is -0.143. The number of amides is 4. The Hall–Kier alpha value is -1.72. The van der Waals surface area contributed by atoms with Crippen LogP contribution in [0.5, 0.6) is 0 Å². The van der Waals surface area contributed by atoms with Crippen molar-refractivity contribution in [2.45, 2.75) is 0 Å². The zero-order chi connectivity index (χ0) is 12.3. The zero-order valence-electron chi connectivity index (χ0n) is 9.34. The van der Waals surface area contributed by atoms with Crippen LogP contribution in [-0.4, -0.2) is 47.5 Å². The number of piperidine rings is 2. The maximum absolute atomic E-state index is 11.8. The molecule has 0 bridgehead atoms. The molecule has 0 aromatic rings. The van der Waals surface area contributed by atoms with Crippen LogP contribution in [0, 0.1) is 29.1 Å². The predicted octanol–water partition coefficient (Wildman–Crippen LogP) is -1.54. The van der Waals surface area contributed by atoms with Crippen molar-refractivity contribution in [3.63, 3.8) is 0 Å². The van der Waals surface area contributed by atoms with Crippen molar-refractivity contribution in [1.82, 2.24) is 9.80 Å². The molecule has 6 nitrogen and oxygen atoms in total. The largest absolute Gasteiger partial charge is 0.285 e. The smallest absolute Gasteiger partial charge is 0.233 e. The molecule has 4 fully saturated rings. The molecule has 4 rings (SSSR count). The molecular formula is C11H10N2O4. The summed E-state index contributed by atoms with van der Waals surface area (Å²) in [5.41, 5.74) is -0.610. The third kappa shape index (κ3) is 0.634. The highest BCUT2D eigenvalue weighted by Gasteiger charge is 2.96. The molecule has 2 saturated carbocycles. The third-order valence-electron chi connectivity index (χ3n) is 4.99. The van der Waals surface area contributed by atoms with Crippen molar-refractivity contribution in [3.05, 3.63) is 0 Å². The molecule has 88 valence electrons. The first-order chi connectivity index (χ1) is 7.95. The number of likely N-dealkylation sites (tertiary alicyclic amines) is 2. The van der Waals surface area contributed by atoms with Crippen molar-refractivity contribution < 1.29 is 19.2 Å². The average Bonchev–Trinajstić information content (AvgIpc) is 3.12. The van der Waals surface area contributed by atoms with Gasteiger partial charge in [-0.1, -0.05) is 0 Å². The fraction of sp³-hybridized carbons (Fsp3) is 0.636. The second kappa shape index (κ2) is 2.14. The lowest BCUT2D eigenvalue weighted by Gasteiger charge is -2.16. The van der Waals surface area contributed by atoms with Crippen LogP contribution >= 0.6 is 0 Å². The highest BCUT2D eigenvalue weighted by Crippen LogP contribution is 2.85. The highest BCUT2D eigenvalue weighted by atomic mass is 16.2. The Labute approximate surface area is 96.5 Å². The minimum absolute atomic E-state index is 0.224. The monoisotopic (exact) mass is 234 g/mol. The first-order valence-corrected chi connectivity index (χ1v) is 5.58. The van der Waals surface area contributed by atoms with Crippen LogP contribution in [0.15, 0.2) is 0 Å². The van der Waals surface area contributed by atoms with Crippen LogP contribution < -0.4 is 0 Å². The van der Waals surface area contributed by atoms with Gasteiger partial charge >= 0.3 is 0 Å². The van der Waals surface area contributed by atoms with E-state index in [1.807, 2.05) is 0 Å². The number of carbonyl (C=O) groups excluding carboxylic acids is 4. The van der Waals surface area contributed by atoms with Crippen molar-refractivity contribution in [2.75, 3.05) is 14.1 Å². The number of nitrogens with zero attached hydrogens (tertiary/aromatic N) is 2. The van der Waals surface area contributed by atoms with E-state index in [1.54, 1.807) is 0 Å². The van der Waals surface area contributed by atoms with Gasteiger partial charge < -0.3 is 0 Å². The molecule has 2 saturated heterocycles. The number of hydrogen-bond donors (Lipinski definition) is 0. The van der Waals surface area contributed by atoms with E-state index in [0.717, 1.165) is 9.80 Å². The summed E-state index contributed by atoms with van der Waals surface area (Å²) in [4.78, 5) is 49.5. The Balaban J connectivity index is 1.75. The van der Waals surface area contributed by atoms with Crippen molar-refractivity contribution >= 4 is 23.6 Å². The van der Waals surface area contributed by atoms with Crippen LogP contribution in [0.4, 0.5) is 0 Å². The second-order valence-electron chi connectivity index (χ2n) is 5.38. The minimum atomic E-state index is -0.610. The zero-order valence-corrected chi connectivity index (χ0v) is 9.34. The molecule has 0 aromatic heterocycles. The Morgan fingerprint density at radius 2 is 0.941 bits per heavy atom. The van der Waals surface area contributed by atoms with Gasteiger partial charge in [-0.15, -0.1) is 0 Å². The summed E-state index contributed by atoms with van der Waals surface area (Å²) in [5, 5.41) is 0. The molecule has 17 heavy (non-hydrogen) atoms. The van der Waals surface area contributed by atoms with Crippen LogP contribution in [-0.2, 0) is 19.2 Å². The van der Waals surface area contributed by atoms with Crippen LogP contribution in [0.25, 0.3) is 0 Å². The molecule has 6 heteroatoms. The molecular weight excluding hydrogens is 224 g/mol. The molecule has 4 unspecified atom stereocenters.